The van der Waals surface area contributed by atoms with Crippen molar-refractivity contribution in [2.75, 3.05) is 13.1 Å². The fourth-order valence-electron chi connectivity index (χ4n) is 5.39. The number of fused-ring (bicyclic) bond motifs is 1. The predicted octanol–water partition coefficient (Wildman–Crippen LogP) is 4.21. The Hall–Kier alpha value is -2.54. The van der Waals surface area contributed by atoms with Crippen LogP contribution < -0.4 is 5.56 Å². The number of benzene rings is 1. The van der Waals surface area contributed by atoms with E-state index < -0.39 is 0 Å². The Morgan fingerprint density at radius 1 is 1.03 bits per heavy atom. The second kappa shape index (κ2) is 8.54. The summed E-state index contributed by atoms with van der Waals surface area (Å²) in [5, 5.41) is 14.1. The highest BCUT2D eigenvalue weighted by atomic mass is 16.1. The number of aromatic nitrogens is 5. The highest BCUT2D eigenvalue weighted by Crippen LogP contribution is 2.34. The average Bonchev–Trinajstić information content (AvgIpc) is 3.28. The summed E-state index contributed by atoms with van der Waals surface area (Å²) in [6.45, 7) is 6.08. The first-order chi connectivity index (χ1) is 15.1. The maximum absolute atomic E-state index is 13.4. The minimum atomic E-state index is -0.216. The van der Waals surface area contributed by atoms with E-state index in [0.717, 1.165) is 66.6 Å². The lowest BCUT2D eigenvalue weighted by Gasteiger charge is -2.34. The molecule has 1 atom stereocenters. The van der Waals surface area contributed by atoms with E-state index in [1.165, 1.54) is 31.2 Å². The first kappa shape index (κ1) is 20.4. The van der Waals surface area contributed by atoms with Crippen molar-refractivity contribution in [1.82, 2.24) is 30.1 Å². The summed E-state index contributed by atoms with van der Waals surface area (Å²) < 4.78 is 2.03. The van der Waals surface area contributed by atoms with Crippen LogP contribution in [-0.2, 0) is 0 Å². The van der Waals surface area contributed by atoms with Gasteiger partial charge in [-0.1, -0.05) is 37.8 Å². The van der Waals surface area contributed by atoms with Crippen molar-refractivity contribution in [3.05, 3.63) is 51.1 Å². The van der Waals surface area contributed by atoms with E-state index in [1.807, 2.05) is 4.68 Å². The Labute approximate surface area is 182 Å². The molecule has 7 heteroatoms. The van der Waals surface area contributed by atoms with Crippen molar-refractivity contribution in [1.29, 1.82) is 0 Å². The first-order valence-corrected chi connectivity index (χ1v) is 11.8. The number of nitrogens with zero attached hydrogens (tertiary/aromatic N) is 5. The summed E-state index contributed by atoms with van der Waals surface area (Å²) in [7, 11) is 0. The maximum atomic E-state index is 13.4. The Morgan fingerprint density at radius 3 is 2.55 bits per heavy atom. The van der Waals surface area contributed by atoms with Gasteiger partial charge in [-0.15, -0.1) is 5.10 Å². The van der Waals surface area contributed by atoms with Crippen LogP contribution in [0, 0.1) is 13.8 Å². The van der Waals surface area contributed by atoms with Crippen LogP contribution in [-0.4, -0.2) is 43.2 Å². The topological polar surface area (TPSA) is 79.7 Å². The molecule has 1 saturated carbocycles. The zero-order valence-electron chi connectivity index (χ0n) is 18.6. The van der Waals surface area contributed by atoms with Crippen LogP contribution in [0.15, 0.2) is 23.0 Å². The minimum Gasteiger partial charge on any atom is -0.321 e. The summed E-state index contributed by atoms with van der Waals surface area (Å²) in [6.07, 6.45) is 9.46. The Bertz CT molecular complexity index is 1120. The van der Waals surface area contributed by atoms with E-state index in [0.29, 0.717) is 6.04 Å². The summed E-state index contributed by atoms with van der Waals surface area (Å²) in [4.78, 5) is 19.0. The maximum Gasteiger partial charge on any atom is 0.253 e. The lowest BCUT2D eigenvalue weighted by molar-refractivity contribution is 0.171. The molecular weight excluding hydrogens is 388 g/mol. The number of hydrogen-bond acceptors (Lipinski definition) is 5. The number of hydrogen-bond donors (Lipinski definition) is 1. The largest absolute Gasteiger partial charge is 0.321 e. The molecule has 0 radical (unpaired) electrons. The van der Waals surface area contributed by atoms with E-state index in [9.17, 15) is 4.79 Å². The molecule has 1 N–H and O–H groups in total. The third kappa shape index (κ3) is 3.80. The minimum absolute atomic E-state index is 0.0324. The summed E-state index contributed by atoms with van der Waals surface area (Å²) in [5.41, 5.74) is 3.96. The number of rotatable bonds is 4. The van der Waals surface area contributed by atoms with Gasteiger partial charge in [0.15, 0.2) is 5.82 Å². The van der Waals surface area contributed by atoms with Crippen molar-refractivity contribution in [3.8, 4) is 0 Å². The lowest BCUT2D eigenvalue weighted by atomic mass is 9.94. The zero-order chi connectivity index (χ0) is 21.4. The monoisotopic (exact) mass is 420 g/mol. The van der Waals surface area contributed by atoms with Crippen molar-refractivity contribution in [2.45, 2.75) is 77.3 Å². The van der Waals surface area contributed by atoms with Crippen molar-refractivity contribution >= 4 is 10.9 Å². The van der Waals surface area contributed by atoms with Crippen LogP contribution in [0.3, 0.4) is 0 Å². The van der Waals surface area contributed by atoms with Crippen LogP contribution in [0.5, 0.6) is 0 Å². The second-order valence-electron chi connectivity index (χ2n) is 9.30. The highest BCUT2D eigenvalue weighted by molar-refractivity contribution is 5.83. The molecule has 2 aliphatic rings. The number of aromatic amines is 1. The van der Waals surface area contributed by atoms with E-state index >= 15 is 0 Å². The second-order valence-corrected chi connectivity index (χ2v) is 9.30. The highest BCUT2D eigenvalue weighted by Gasteiger charge is 2.33. The molecule has 0 spiro atoms. The number of H-pyrrole nitrogens is 1. The summed E-state index contributed by atoms with van der Waals surface area (Å²) in [6, 6.07) is 6.41. The number of aryl methyl sites for hydroxylation is 2. The Balaban J connectivity index is 1.65. The summed E-state index contributed by atoms with van der Waals surface area (Å²) >= 11 is 0. The van der Waals surface area contributed by atoms with Gasteiger partial charge in [-0.3, -0.25) is 9.69 Å². The van der Waals surface area contributed by atoms with E-state index in [2.05, 4.69) is 57.5 Å². The molecule has 1 aromatic carbocycles. The molecule has 2 aromatic heterocycles. The third-order valence-electron chi connectivity index (χ3n) is 7.31. The molecule has 31 heavy (non-hydrogen) atoms. The lowest BCUT2D eigenvalue weighted by Crippen LogP contribution is -2.39. The van der Waals surface area contributed by atoms with E-state index in [-0.39, 0.29) is 11.6 Å². The molecule has 0 amide bonds. The van der Waals surface area contributed by atoms with Gasteiger partial charge in [0.1, 0.15) is 6.04 Å². The number of tetrazole rings is 1. The van der Waals surface area contributed by atoms with Gasteiger partial charge in [0.25, 0.3) is 5.56 Å². The summed E-state index contributed by atoms with van der Waals surface area (Å²) in [5.74, 6) is 0.822. The Kier molecular flexibility index (Phi) is 5.61. The van der Waals surface area contributed by atoms with Gasteiger partial charge in [-0.25, -0.2) is 4.68 Å². The zero-order valence-corrected chi connectivity index (χ0v) is 18.6. The number of nitrogens with one attached hydrogen (secondary N) is 1. The van der Waals surface area contributed by atoms with Gasteiger partial charge < -0.3 is 4.98 Å². The van der Waals surface area contributed by atoms with Gasteiger partial charge in [0.2, 0.25) is 0 Å². The first-order valence-electron chi connectivity index (χ1n) is 11.8. The van der Waals surface area contributed by atoms with Gasteiger partial charge >= 0.3 is 0 Å². The molecule has 0 bridgehead atoms. The van der Waals surface area contributed by atoms with Gasteiger partial charge in [0.05, 0.1) is 11.6 Å². The quantitative estimate of drug-likeness (QED) is 0.684. The molecule has 7 nitrogen and oxygen atoms in total. The van der Waals surface area contributed by atoms with Crippen LogP contribution >= 0.6 is 0 Å². The molecule has 1 aliphatic carbocycles. The number of likely N-dealkylation sites (tertiary alicyclic amines) is 1. The van der Waals surface area contributed by atoms with Crippen LogP contribution in [0.1, 0.15) is 86.0 Å². The number of pyridine rings is 1. The molecule has 5 rings (SSSR count). The molecule has 2 fully saturated rings. The standard InChI is InChI=1S/C24H32N6O/c1-16-11-12-18-15-20(24(31)25-21(18)17(16)2)22(29-13-7-4-8-14-29)23-26-27-28-30(23)19-9-5-3-6-10-19/h11-12,15,19,22H,3-10,13-14H2,1-2H3,(H,25,31)/t22-/m0/s1. The molecule has 1 aliphatic heterocycles. The average molecular weight is 421 g/mol. The third-order valence-corrected chi connectivity index (χ3v) is 7.31. The normalized spacial score (nSPS) is 19.7. The molecule has 3 heterocycles. The van der Waals surface area contributed by atoms with Gasteiger partial charge in [0, 0.05) is 5.56 Å². The van der Waals surface area contributed by atoms with Crippen LogP contribution in [0.2, 0.25) is 0 Å². The number of piperidine rings is 1. The Morgan fingerprint density at radius 2 is 1.77 bits per heavy atom. The SMILES string of the molecule is Cc1ccc2cc([C@@H](c3nnnn3C3CCCCC3)N3CCCCC3)c(=O)[nH]c2c1C. The fourth-order valence-corrected chi connectivity index (χ4v) is 5.39. The van der Waals surface area contributed by atoms with E-state index in [1.54, 1.807) is 0 Å². The molecule has 3 aromatic rings. The molecule has 1 saturated heterocycles. The van der Waals surface area contributed by atoms with Crippen molar-refractivity contribution in [2.24, 2.45) is 0 Å². The van der Waals surface area contributed by atoms with Crippen LogP contribution in [0.4, 0.5) is 0 Å². The van der Waals surface area contributed by atoms with E-state index in [4.69, 9.17) is 0 Å². The fraction of sp³-hybridized carbons (Fsp3) is 0.583. The smallest absolute Gasteiger partial charge is 0.253 e. The van der Waals surface area contributed by atoms with Crippen molar-refractivity contribution in [3.63, 3.8) is 0 Å². The molecule has 0 unspecified atom stereocenters. The van der Waals surface area contributed by atoms with Crippen molar-refractivity contribution < 1.29 is 0 Å². The van der Waals surface area contributed by atoms with Gasteiger partial charge in [-0.2, -0.15) is 0 Å². The molecule has 164 valence electrons. The van der Waals surface area contributed by atoms with Gasteiger partial charge in [-0.05, 0) is 85.6 Å². The molecular formula is C24H32N6O. The van der Waals surface area contributed by atoms with Crippen LogP contribution in [0.25, 0.3) is 10.9 Å². The predicted molar refractivity (Wildman–Crippen MR) is 121 cm³/mol.